The van der Waals surface area contributed by atoms with Crippen LogP contribution in [0.25, 0.3) is 0 Å². The highest BCUT2D eigenvalue weighted by Gasteiger charge is 2.46. The van der Waals surface area contributed by atoms with Crippen molar-refractivity contribution in [3.8, 4) is 5.75 Å². The van der Waals surface area contributed by atoms with Crippen molar-refractivity contribution in [2.24, 2.45) is 10.9 Å². The van der Waals surface area contributed by atoms with E-state index in [1.54, 1.807) is 7.11 Å². The van der Waals surface area contributed by atoms with Crippen LogP contribution in [-0.4, -0.2) is 79.3 Å². The number of nitrogens with zero attached hydrogens (tertiary/aromatic N) is 3. The summed E-state index contributed by atoms with van der Waals surface area (Å²) < 4.78 is 32.0. The maximum absolute atomic E-state index is 12.8. The molecule has 0 aromatic heterocycles. The van der Waals surface area contributed by atoms with Crippen molar-refractivity contribution in [2.75, 3.05) is 33.3 Å². The number of hydrogen-bond donors (Lipinski definition) is 2. The summed E-state index contributed by atoms with van der Waals surface area (Å²) in [6.07, 6.45) is 1.99. The Morgan fingerprint density at radius 2 is 1.95 bits per heavy atom. The van der Waals surface area contributed by atoms with Crippen molar-refractivity contribution < 1.29 is 27.9 Å². The monoisotopic (exact) mass is 598 g/mol. The molecule has 1 spiro atoms. The molecule has 10 nitrogen and oxygen atoms in total. The number of hydrogen-bond acceptors (Lipinski definition) is 8. The van der Waals surface area contributed by atoms with E-state index in [4.69, 9.17) is 43.6 Å². The minimum absolute atomic E-state index is 0.0378. The second-order valence-corrected chi connectivity index (χ2v) is 12.7. The molecule has 3 heterocycles. The molecule has 0 bridgehead atoms. The van der Waals surface area contributed by atoms with Gasteiger partial charge < -0.3 is 20.4 Å². The Labute approximate surface area is 238 Å². The number of nitrogens with two attached hydrogens (primary N) is 1. The lowest BCUT2D eigenvalue weighted by molar-refractivity contribution is -0.129. The molecular formula is C26H32Cl2N4O6S. The lowest BCUT2D eigenvalue weighted by atomic mass is 9.88. The van der Waals surface area contributed by atoms with E-state index in [-0.39, 0.29) is 40.2 Å². The number of aliphatic carboxylic acids is 1. The van der Waals surface area contributed by atoms with Crippen LogP contribution < -0.4 is 10.5 Å². The molecule has 0 aliphatic carbocycles. The van der Waals surface area contributed by atoms with E-state index in [0.717, 1.165) is 31.8 Å². The van der Waals surface area contributed by atoms with Crippen molar-refractivity contribution in [2.45, 2.75) is 48.8 Å². The standard InChI is InChI=1S/C14H14Cl2N2O5S.C12H18N2O/c15-9-1-2-10(16)12(7-9)24(21,22)18-5-3-14(4-6-18)8-11(13(19)20)17-23-14;1-15-12-4-2-3-10(7-12)8-14-6-5-11(13)9-14/h1-2,7H,3-6,8H2,(H,19,20);2-4,7,11H,5-6,8-9,13H2,1H3. The van der Waals surface area contributed by atoms with Gasteiger partial charge in [0.25, 0.3) is 0 Å². The Morgan fingerprint density at radius 1 is 1.21 bits per heavy atom. The number of oxime groups is 1. The van der Waals surface area contributed by atoms with Gasteiger partial charge >= 0.3 is 5.97 Å². The van der Waals surface area contributed by atoms with Crippen molar-refractivity contribution >= 4 is 44.9 Å². The molecule has 0 amide bonds. The predicted octanol–water partition coefficient (Wildman–Crippen LogP) is 3.61. The zero-order valence-corrected chi connectivity index (χ0v) is 23.9. The minimum Gasteiger partial charge on any atom is -0.497 e. The smallest absolute Gasteiger partial charge is 0.353 e. The number of sulfonamides is 1. The Morgan fingerprint density at radius 3 is 2.56 bits per heavy atom. The first-order valence-corrected chi connectivity index (χ1v) is 14.8. The molecule has 39 heavy (non-hydrogen) atoms. The van der Waals surface area contributed by atoms with E-state index in [1.807, 2.05) is 12.1 Å². The van der Waals surface area contributed by atoms with Crippen LogP contribution in [0.5, 0.6) is 5.75 Å². The molecule has 5 rings (SSSR count). The van der Waals surface area contributed by atoms with Crippen LogP contribution in [0.15, 0.2) is 52.5 Å². The predicted molar refractivity (Wildman–Crippen MR) is 149 cm³/mol. The number of ether oxygens (including phenoxy) is 1. The molecule has 2 aromatic rings. The number of carbonyl (C=O) groups is 1. The topological polar surface area (TPSA) is 135 Å². The lowest BCUT2D eigenvalue weighted by Gasteiger charge is -2.36. The van der Waals surface area contributed by atoms with Crippen LogP contribution >= 0.6 is 23.2 Å². The average molecular weight is 600 g/mol. The first-order chi connectivity index (χ1) is 18.5. The normalized spacial score (nSPS) is 21.1. The van der Waals surface area contributed by atoms with Crippen molar-refractivity contribution in [1.82, 2.24) is 9.21 Å². The van der Waals surface area contributed by atoms with Gasteiger partial charge in [0.1, 0.15) is 16.2 Å². The highest BCUT2D eigenvalue weighted by atomic mass is 35.5. The highest BCUT2D eigenvalue weighted by molar-refractivity contribution is 7.89. The van der Waals surface area contributed by atoms with Gasteiger partial charge in [-0.05, 0) is 42.3 Å². The van der Waals surface area contributed by atoms with Crippen LogP contribution in [0.4, 0.5) is 0 Å². The number of carboxylic acids is 1. The van der Waals surface area contributed by atoms with E-state index in [0.29, 0.717) is 18.9 Å². The first kappa shape index (κ1) is 29.6. The Balaban J connectivity index is 0.000000202. The number of benzene rings is 2. The fraction of sp³-hybridized carbons (Fsp3) is 0.462. The van der Waals surface area contributed by atoms with E-state index >= 15 is 0 Å². The van der Waals surface area contributed by atoms with Gasteiger partial charge in [0, 0.05) is 63.1 Å². The summed E-state index contributed by atoms with van der Waals surface area (Å²) in [6.45, 7) is 3.47. The molecule has 0 saturated carbocycles. The quantitative estimate of drug-likeness (QED) is 0.515. The van der Waals surface area contributed by atoms with Gasteiger partial charge in [-0.2, -0.15) is 4.31 Å². The molecule has 2 fully saturated rings. The van der Waals surface area contributed by atoms with Crippen LogP contribution in [0.2, 0.25) is 10.0 Å². The van der Waals surface area contributed by atoms with Gasteiger partial charge in [-0.1, -0.05) is 40.5 Å². The van der Waals surface area contributed by atoms with Crippen molar-refractivity contribution in [3.05, 3.63) is 58.1 Å². The van der Waals surface area contributed by atoms with Gasteiger partial charge in [0.05, 0.1) is 12.1 Å². The summed E-state index contributed by atoms with van der Waals surface area (Å²) in [5.74, 6) is -0.191. The fourth-order valence-corrected chi connectivity index (χ4v) is 7.07. The minimum atomic E-state index is -3.78. The Bertz CT molecular complexity index is 1330. The van der Waals surface area contributed by atoms with E-state index in [2.05, 4.69) is 22.2 Å². The lowest BCUT2D eigenvalue weighted by Crippen LogP contribution is -2.47. The van der Waals surface area contributed by atoms with E-state index in [1.165, 1.54) is 28.1 Å². The van der Waals surface area contributed by atoms with Gasteiger partial charge in [-0.3, -0.25) is 4.90 Å². The number of piperidine rings is 1. The van der Waals surface area contributed by atoms with E-state index < -0.39 is 21.6 Å². The summed E-state index contributed by atoms with van der Waals surface area (Å²) in [6, 6.07) is 12.9. The summed E-state index contributed by atoms with van der Waals surface area (Å²) in [7, 11) is -2.08. The Hall–Kier alpha value is -2.41. The average Bonchev–Trinajstić information content (AvgIpc) is 3.52. The van der Waals surface area contributed by atoms with Crippen LogP contribution in [0, 0.1) is 0 Å². The molecule has 1 unspecified atom stereocenters. The molecular weight excluding hydrogens is 567 g/mol. The molecule has 13 heteroatoms. The summed E-state index contributed by atoms with van der Waals surface area (Å²) in [5, 5.41) is 13.0. The Kier molecular flexibility index (Phi) is 9.41. The zero-order chi connectivity index (χ0) is 28.2. The third kappa shape index (κ3) is 7.22. The van der Waals surface area contributed by atoms with Gasteiger partial charge in [0.2, 0.25) is 10.0 Å². The number of methoxy groups -OCH3 is 1. The maximum Gasteiger partial charge on any atom is 0.353 e. The molecule has 3 aliphatic heterocycles. The number of carboxylic acid groups (broad SMARTS) is 1. The van der Waals surface area contributed by atoms with Crippen molar-refractivity contribution in [3.63, 3.8) is 0 Å². The second-order valence-electron chi connectivity index (χ2n) is 9.91. The molecule has 212 valence electrons. The van der Waals surface area contributed by atoms with Gasteiger partial charge in [0.15, 0.2) is 5.71 Å². The highest BCUT2D eigenvalue weighted by Crippen LogP contribution is 2.37. The molecule has 3 aliphatic rings. The van der Waals surface area contributed by atoms with Gasteiger partial charge in [-0.15, -0.1) is 0 Å². The molecule has 1 atom stereocenters. The third-order valence-electron chi connectivity index (χ3n) is 7.08. The second kappa shape index (κ2) is 12.4. The summed E-state index contributed by atoms with van der Waals surface area (Å²) in [5.41, 5.74) is 6.39. The number of likely N-dealkylation sites (tertiary alicyclic amines) is 1. The molecule has 2 aromatic carbocycles. The molecule has 2 saturated heterocycles. The van der Waals surface area contributed by atoms with Crippen LogP contribution in [0.1, 0.15) is 31.2 Å². The fourth-order valence-electron chi connectivity index (χ4n) is 4.89. The summed E-state index contributed by atoms with van der Waals surface area (Å²) >= 11 is 11.9. The van der Waals surface area contributed by atoms with Crippen LogP contribution in [-0.2, 0) is 26.2 Å². The summed E-state index contributed by atoms with van der Waals surface area (Å²) in [4.78, 5) is 18.6. The van der Waals surface area contributed by atoms with E-state index in [9.17, 15) is 13.2 Å². The molecule has 0 radical (unpaired) electrons. The number of halogens is 2. The largest absolute Gasteiger partial charge is 0.497 e. The van der Waals surface area contributed by atoms with Crippen molar-refractivity contribution in [1.29, 1.82) is 0 Å². The maximum atomic E-state index is 12.8. The first-order valence-electron chi connectivity index (χ1n) is 12.6. The zero-order valence-electron chi connectivity index (χ0n) is 21.6. The number of rotatable bonds is 6. The third-order valence-corrected chi connectivity index (χ3v) is 9.70. The van der Waals surface area contributed by atoms with Crippen LogP contribution in [0.3, 0.4) is 0 Å². The molecule has 3 N–H and O–H groups in total. The van der Waals surface area contributed by atoms with Gasteiger partial charge in [-0.25, -0.2) is 13.2 Å². The SMILES string of the molecule is COc1cccc(CN2CCC(N)C2)c1.O=C(O)C1=NOC2(CCN(S(=O)(=O)c3cc(Cl)ccc3Cl)CC2)C1.